The molecule has 76 valence electrons. The van der Waals surface area contributed by atoms with Gasteiger partial charge in [0.1, 0.15) is 5.75 Å². The van der Waals surface area contributed by atoms with E-state index in [1.54, 1.807) is 19.2 Å². The van der Waals surface area contributed by atoms with Gasteiger partial charge in [-0.15, -0.1) is 0 Å². The molecule has 1 aromatic carbocycles. The van der Waals surface area contributed by atoms with Gasteiger partial charge in [-0.05, 0) is 28.9 Å². The number of nitrogens with zero attached hydrogens (tertiary/aromatic N) is 3. The summed E-state index contributed by atoms with van der Waals surface area (Å²) in [6, 6.07) is 7.21. The molecule has 5 nitrogen and oxygen atoms in total. The predicted octanol–water partition coefficient (Wildman–Crippen LogP) is 2.55. The molecule has 0 saturated carbocycles. The van der Waals surface area contributed by atoms with Crippen LogP contribution in [-0.2, 0) is 4.79 Å². The number of amides is 1. The third kappa shape index (κ3) is 3.17. The zero-order chi connectivity index (χ0) is 11.1. The first-order valence-electron chi connectivity index (χ1n) is 4.18. The molecule has 0 aromatic heterocycles. The van der Waals surface area contributed by atoms with Gasteiger partial charge in [-0.3, -0.25) is 4.79 Å². The summed E-state index contributed by atoms with van der Waals surface area (Å²) >= 11 is 0. The molecule has 1 rings (SSSR count). The van der Waals surface area contributed by atoms with E-state index in [0.717, 1.165) is 5.56 Å². The smallest absolute Gasteiger partial charge is 0.242 e. The maximum Gasteiger partial charge on any atom is 0.242 e. The van der Waals surface area contributed by atoms with Gasteiger partial charge in [-0.25, -0.2) is 0 Å². The zero-order valence-electron chi connectivity index (χ0n) is 8.12. The summed E-state index contributed by atoms with van der Waals surface area (Å²) in [4.78, 5) is 13.3. The highest BCUT2D eigenvalue weighted by molar-refractivity contribution is 5.92. The van der Waals surface area contributed by atoms with E-state index >= 15 is 0 Å². The maximum atomic E-state index is 10.9. The third-order valence-corrected chi connectivity index (χ3v) is 1.69. The quantitative estimate of drug-likeness (QED) is 0.327. The molecule has 0 aliphatic carbocycles. The van der Waals surface area contributed by atoms with E-state index in [0.29, 0.717) is 5.75 Å². The van der Waals surface area contributed by atoms with Crippen molar-refractivity contribution in [3.8, 4) is 5.75 Å². The Morgan fingerprint density at radius 1 is 1.53 bits per heavy atom. The van der Waals surface area contributed by atoms with Crippen molar-refractivity contribution in [1.82, 2.24) is 0 Å². The van der Waals surface area contributed by atoms with Gasteiger partial charge in [-0.2, -0.15) is 0 Å². The fourth-order valence-electron chi connectivity index (χ4n) is 1.04. The number of carbonyl (C=O) groups excluding carboxylic acids is 1. The molecule has 0 spiro atoms. The molecule has 1 aromatic rings. The van der Waals surface area contributed by atoms with Crippen molar-refractivity contribution in [3.63, 3.8) is 0 Å². The summed E-state index contributed by atoms with van der Waals surface area (Å²) in [6.07, 6.45) is 2.73. The van der Waals surface area contributed by atoms with Crippen molar-refractivity contribution in [2.75, 3.05) is 7.11 Å². The molecule has 0 unspecified atom stereocenters. The molecular weight excluding hydrogens is 194 g/mol. The minimum atomic E-state index is -0.636. The van der Waals surface area contributed by atoms with Crippen LogP contribution in [0.1, 0.15) is 5.56 Å². The number of hydrogen-bond acceptors (Lipinski definition) is 2. The average molecular weight is 203 g/mol. The summed E-state index contributed by atoms with van der Waals surface area (Å²) in [7, 11) is 1.54. The summed E-state index contributed by atoms with van der Waals surface area (Å²) in [6.45, 7) is 0. The minimum Gasteiger partial charge on any atom is -0.496 e. The monoisotopic (exact) mass is 203 g/mol. The Balaban J connectivity index is 2.88. The second-order valence-corrected chi connectivity index (χ2v) is 2.60. The zero-order valence-corrected chi connectivity index (χ0v) is 8.12. The van der Waals surface area contributed by atoms with Gasteiger partial charge >= 0.3 is 0 Å². The van der Waals surface area contributed by atoms with E-state index in [1.165, 1.54) is 12.2 Å². The molecule has 0 radical (unpaired) electrons. The van der Waals surface area contributed by atoms with Crippen LogP contribution in [0.5, 0.6) is 5.75 Å². The summed E-state index contributed by atoms with van der Waals surface area (Å²) < 4.78 is 5.07. The van der Waals surface area contributed by atoms with Crippen molar-refractivity contribution >= 4 is 12.0 Å². The highest BCUT2D eigenvalue weighted by atomic mass is 16.5. The molecule has 0 saturated heterocycles. The molecule has 0 aliphatic heterocycles. The van der Waals surface area contributed by atoms with Crippen LogP contribution in [-0.4, -0.2) is 13.0 Å². The first-order valence-corrected chi connectivity index (χ1v) is 4.18. The van der Waals surface area contributed by atoms with Gasteiger partial charge in [0.05, 0.1) is 7.11 Å². The Hall–Kier alpha value is -2.26. The van der Waals surface area contributed by atoms with Gasteiger partial charge < -0.3 is 4.74 Å². The van der Waals surface area contributed by atoms with Crippen LogP contribution < -0.4 is 4.74 Å². The Labute approximate surface area is 86.6 Å². The van der Waals surface area contributed by atoms with Crippen LogP contribution in [0.4, 0.5) is 0 Å². The molecular formula is C10H9N3O2. The summed E-state index contributed by atoms with van der Waals surface area (Å²) in [5.74, 6) is 0.0193. The van der Waals surface area contributed by atoms with Gasteiger partial charge in [0, 0.05) is 10.5 Å². The van der Waals surface area contributed by atoms with Gasteiger partial charge in [0.15, 0.2) is 0 Å². The van der Waals surface area contributed by atoms with E-state index in [9.17, 15) is 4.79 Å². The lowest BCUT2D eigenvalue weighted by Gasteiger charge is -2.02. The van der Waals surface area contributed by atoms with Crippen molar-refractivity contribution in [1.29, 1.82) is 0 Å². The Bertz CT molecular complexity index is 434. The van der Waals surface area contributed by atoms with Crippen molar-refractivity contribution < 1.29 is 9.53 Å². The van der Waals surface area contributed by atoms with Crippen molar-refractivity contribution in [2.24, 2.45) is 5.11 Å². The first kappa shape index (κ1) is 10.8. The topological polar surface area (TPSA) is 75.1 Å². The number of para-hydroxylation sites is 1. The first-order chi connectivity index (χ1) is 7.27. The van der Waals surface area contributed by atoms with Crippen LogP contribution in [0.25, 0.3) is 16.5 Å². The average Bonchev–Trinajstić information content (AvgIpc) is 2.27. The number of rotatable bonds is 3. The molecule has 0 atom stereocenters. The lowest BCUT2D eigenvalue weighted by molar-refractivity contribution is -0.113. The van der Waals surface area contributed by atoms with Gasteiger partial charge in [-0.1, -0.05) is 18.2 Å². The number of carbonyl (C=O) groups is 1. The summed E-state index contributed by atoms with van der Waals surface area (Å²) in [5, 5.41) is 2.91. The molecule has 0 aliphatic rings. The Kier molecular flexibility index (Phi) is 3.94. The van der Waals surface area contributed by atoms with Crippen LogP contribution in [0.2, 0.25) is 0 Å². The van der Waals surface area contributed by atoms with Crippen LogP contribution >= 0.6 is 0 Å². The molecule has 0 N–H and O–H groups in total. The molecule has 5 heteroatoms. The normalized spacial score (nSPS) is 9.67. The van der Waals surface area contributed by atoms with Crippen LogP contribution in [0, 0.1) is 0 Å². The van der Waals surface area contributed by atoms with E-state index in [2.05, 4.69) is 10.0 Å². The lowest BCUT2D eigenvalue weighted by Crippen LogP contribution is -1.87. The summed E-state index contributed by atoms with van der Waals surface area (Å²) in [5.41, 5.74) is 8.76. The predicted molar refractivity (Wildman–Crippen MR) is 56.2 cm³/mol. The van der Waals surface area contributed by atoms with E-state index in [-0.39, 0.29) is 0 Å². The van der Waals surface area contributed by atoms with E-state index in [1.807, 2.05) is 12.1 Å². The largest absolute Gasteiger partial charge is 0.496 e. The van der Waals surface area contributed by atoms with Gasteiger partial charge in [0.2, 0.25) is 5.91 Å². The number of benzene rings is 1. The number of methoxy groups -OCH3 is 1. The fraction of sp³-hybridized carbons (Fsp3) is 0.100. The number of ether oxygens (including phenoxy) is 1. The number of azide groups is 1. The Morgan fingerprint density at radius 2 is 2.27 bits per heavy atom. The second kappa shape index (κ2) is 5.47. The fourth-order valence-corrected chi connectivity index (χ4v) is 1.04. The Morgan fingerprint density at radius 3 is 2.93 bits per heavy atom. The lowest BCUT2D eigenvalue weighted by atomic mass is 10.2. The van der Waals surface area contributed by atoms with Crippen LogP contribution in [0.3, 0.4) is 0 Å². The SMILES string of the molecule is COc1ccccc1C=CC(=O)N=[N+]=[N-]. The standard InChI is InChI=1S/C10H9N3O2/c1-15-9-5-3-2-4-8(9)6-7-10(14)12-13-11/h2-7H,1H3. The van der Waals surface area contributed by atoms with Crippen LogP contribution in [0.15, 0.2) is 35.5 Å². The molecule has 0 fully saturated rings. The highest BCUT2D eigenvalue weighted by Gasteiger charge is 1.97. The number of hydrogen-bond donors (Lipinski definition) is 0. The van der Waals surface area contributed by atoms with Gasteiger partial charge in [0.25, 0.3) is 0 Å². The molecule has 1 amide bonds. The van der Waals surface area contributed by atoms with E-state index in [4.69, 9.17) is 10.3 Å². The third-order valence-electron chi connectivity index (χ3n) is 1.69. The molecule has 15 heavy (non-hydrogen) atoms. The molecule has 0 heterocycles. The maximum absolute atomic E-state index is 10.9. The minimum absolute atomic E-state index is 0.636. The van der Waals surface area contributed by atoms with E-state index < -0.39 is 5.91 Å². The second-order valence-electron chi connectivity index (χ2n) is 2.60. The molecule has 0 bridgehead atoms. The van der Waals surface area contributed by atoms with Crippen molar-refractivity contribution in [3.05, 3.63) is 46.3 Å². The highest BCUT2D eigenvalue weighted by Crippen LogP contribution is 2.18. The van der Waals surface area contributed by atoms with Crippen molar-refractivity contribution in [2.45, 2.75) is 0 Å².